The number of hydrogen-bond acceptors (Lipinski definition) is 8. The average Bonchev–Trinajstić information content (AvgIpc) is 2.63. The van der Waals surface area contributed by atoms with Crippen molar-refractivity contribution in [2.75, 3.05) is 43.6 Å². The van der Waals surface area contributed by atoms with Crippen molar-refractivity contribution in [3.05, 3.63) is 35.2 Å². The minimum atomic E-state index is -0.605. The van der Waals surface area contributed by atoms with E-state index in [1.54, 1.807) is 6.20 Å². The summed E-state index contributed by atoms with van der Waals surface area (Å²) in [5.74, 6) is -0.0483. The maximum atomic E-state index is 11.7. The summed E-state index contributed by atoms with van der Waals surface area (Å²) in [5, 5.41) is 10.6. The van der Waals surface area contributed by atoms with E-state index in [1.807, 2.05) is 12.1 Å². The van der Waals surface area contributed by atoms with Gasteiger partial charge in [0.2, 0.25) is 0 Å². The number of carbonyl (C=O) groups excluding carboxylic acids is 1. The van der Waals surface area contributed by atoms with Gasteiger partial charge in [-0.25, -0.2) is 9.78 Å². The molecule has 126 valence electrons. The van der Waals surface area contributed by atoms with Crippen molar-refractivity contribution < 1.29 is 14.3 Å². The molecule has 0 bridgehead atoms. The largest absolute Gasteiger partial charge is 0.464 e. The fraction of sp³-hybridized carbons (Fsp3) is 0.333. The van der Waals surface area contributed by atoms with Crippen LogP contribution in [0.5, 0.6) is 0 Å². The monoisotopic (exact) mass is 349 g/mol. The molecule has 3 rings (SSSR count). The van der Waals surface area contributed by atoms with Crippen LogP contribution in [0.25, 0.3) is 0 Å². The molecule has 0 spiro atoms. The molecule has 1 fully saturated rings. The zero-order chi connectivity index (χ0) is 16.9. The molecular weight excluding hydrogens is 334 g/mol. The number of hydrogen-bond donors (Lipinski definition) is 1. The number of nitrogens with zero attached hydrogens (tertiary/aromatic N) is 4. The lowest BCUT2D eigenvalue weighted by atomic mass is 10.3. The summed E-state index contributed by atoms with van der Waals surface area (Å²) >= 11 is 5.85. The van der Waals surface area contributed by atoms with Crippen LogP contribution in [-0.2, 0) is 9.47 Å². The molecule has 0 atom stereocenters. The van der Waals surface area contributed by atoms with Gasteiger partial charge < -0.3 is 19.7 Å². The molecular formula is C15H16ClN5O3. The van der Waals surface area contributed by atoms with Crippen molar-refractivity contribution in [3.8, 4) is 0 Å². The minimum absolute atomic E-state index is 0.0426. The third-order valence-corrected chi connectivity index (χ3v) is 3.71. The quantitative estimate of drug-likeness (QED) is 0.837. The molecule has 0 saturated carbocycles. The Bertz CT molecular complexity index is 720. The fourth-order valence-electron chi connectivity index (χ4n) is 2.32. The zero-order valence-electron chi connectivity index (χ0n) is 13.0. The molecule has 1 saturated heterocycles. The van der Waals surface area contributed by atoms with Gasteiger partial charge in [0, 0.05) is 19.2 Å². The summed E-state index contributed by atoms with van der Waals surface area (Å²) in [6.45, 7) is 3.10. The summed E-state index contributed by atoms with van der Waals surface area (Å²) in [7, 11) is 1.28. The number of halogens is 1. The van der Waals surface area contributed by atoms with Gasteiger partial charge in [-0.3, -0.25) is 0 Å². The van der Waals surface area contributed by atoms with Crippen molar-refractivity contribution in [3.63, 3.8) is 0 Å². The Kier molecular flexibility index (Phi) is 5.07. The number of nitrogens with one attached hydrogen (secondary N) is 1. The second kappa shape index (κ2) is 7.41. The third kappa shape index (κ3) is 3.72. The lowest BCUT2D eigenvalue weighted by molar-refractivity contribution is 0.0594. The summed E-state index contributed by atoms with van der Waals surface area (Å²) in [5.41, 5.74) is 1.44. The Hall–Kier alpha value is -2.45. The summed E-state index contributed by atoms with van der Waals surface area (Å²) in [6, 6.07) is 5.27. The van der Waals surface area contributed by atoms with E-state index in [0.717, 1.165) is 18.8 Å². The molecule has 0 radical (unpaired) electrons. The van der Waals surface area contributed by atoms with Crippen LogP contribution in [0.3, 0.4) is 0 Å². The average molecular weight is 350 g/mol. The molecule has 0 aliphatic carbocycles. The topological polar surface area (TPSA) is 89.5 Å². The van der Waals surface area contributed by atoms with E-state index in [-0.39, 0.29) is 10.8 Å². The number of pyridine rings is 1. The Labute approximate surface area is 143 Å². The highest BCUT2D eigenvalue weighted by Gasteiger charge is 2.16. The first kappa shape index (κ1) is 16.4. The van der Waals surface area contributed by atoms with Crippen LogP contribution in [0.4, 0.5) is 17.2 Å². The maximum Gasteiger partial charge on any atom is 0.360 e. The Balaban J connectivity index is 1.78. The van der Waals surface area contributed by atoms with E-state index >= 15 is 0 Å². The predicted octanol–water partition coefficient (Wildman–Crippen LogP) is 1.89. The summed E-state index contributed by atoms with van der Waals surface area (Å²) < 4.78 is 10.0. The van der Waals surface area contributed by atoms with Crippen LogP contribution >= 0.6 is 11.6 Å². The number of anilines is 3. The van der Waals surface area contributed by atoms with E-state index in [4.69, 9.17) is 16.3 Å². The van der Waals surface area contributed by atoms with E-state index in [9.17, 15) is 4.79 Å². The number of carbonyl (C=O) groups is 1. The van der Waals surface area contributed by atoms with Gasteiger partial charge in [-0.15, -0.1) is 10.2 Å². The highest BCUT2D eigenvalue weighted by atomic mass is 35.5. The van der Waals surface area contributed by atoms with Gasteiger partial charge in [0.25, 0.3) is 0 Å². The van der Waals surface area contributed by atoms with Gasteiger partial charge >= 0.3 is 5.97 Å². The number of rotatable bonds is 4. The fourth-order valence-corrected chi connectivity index (χ4v) is 2.46. The molecule has 1 aliphatic rings. The van der Waals surface area contributed by atoms with Crippen molar-refractivity contribution in [2.24, 2.45) is 0 Å². The predicted molar refractivity (Wildman–Crippen MR) is 88.9 cm³/mol. The smallest absolute Gasteiger partial charge is 0.360 e. The van der Waals surface area contributed by atoms with Gasteiger partial charge in [-0.05, 0) is 12.1 Å². The molecule has 1 aliphatic heterocycles. The molecule has 9 heteroatoms. The molecule has 3 heterocycles. The number of morpholine rings is 1. The van der Waals surface area contributed by atoms with Crippen molar-refractivity contribution >= 4 is 34.8 Å². The highest BCUT2D eigenvalue weighted by Crippen LogP contribution is 2.23. The summed E-state index contributed by atoms with van der Waals surface area (Å²) in [6.07, 6.45) is 1.77. The van der Waals surface area contributed by atoms with Crippen LogP contribution in [0, 0.1) is 0 Å². The lowest BCUT2D eigenvalue weighted by Crippen LogP contribution is -2.36. The first-order chi connectivity index (χ1) is 11.7. The maximum absolute atomic E-state index is 11.7. The SMILES string of the molecule is COC(=O)c1nnc(Cl)cc1Nc1ccc(N2CCOCC2)cn1. The zero-order valence-corrected chi connectivity index (χ0v) is 13.8. The molecule has 0 unspecified atom stereocenters. The second-order valence-electron chi connectivity index (χ2n) is 5.05. The minimum Gasteiger partial charge on any atom is -0.464 e. The number of methoxy groups -OCH3 is 1. The Morgan fingerprint density at radius 1 is 1.33 bits per heavy atom. The lowest BCUT2D eigenvalue weighted by Gasteiger charge is -2.28. The Morgan fingerprint density at radius 3 is 2.79 bits per heavy atom. The van der Waals surface area contributed by atoms with Crippen LogP contribution in [-0.4, -0.2) is 54.6 Å². The van der Waals surface area contributed by atoms with Crippen LogP contribution in [0.15, 0.2) is 24.4 Å². The van der Waals surface area contributed by atoms with Gasteiger partial charge in [-0.2, -0.15) is 0 Å². The number of ether oxygens (including phenoxy) is 2. The standard InChI is InChI=1S/C15H16ClN5O3/c1-23-15(22)14-11(8-12(16)19-20-14)18-13-3-2-10(9-17-13)21-4-6-24-7-5-21/h2-3,8-9H,4-7H2,1H3,(H,17,18,19). The van der Waals surface area contributed by atoms with Crippen molar-refractivity contribution in [2.45, 2.75) is 0 Å². The molecule has 2 aromatic heterocycles. The highest BCUT2D eigenvalue weighted by molar-refractivity contribution is 6.29. The molecule has 0 aromatic carbocycles. The van der Waals surface area contributed by atoms with Gasteiger partial charge in [-0.1, -0.05) is 11.6 Å². The first-order valence-corrected chi connectivity index (χ1v) is 7.72. The van der Waals surface area contributed by atoms with Crippen LogP contribution < -0.4 is 10.2 Å². The third-order valence-electron chi connectivity index (χ3n) is 3.53. The number of aromatic nitrogens is 3. The van der Waals surface area contributed by atoms with E-state index in [1.165, 1.54) is 13.2 Å². The van der Waals surface area contributed by atoms with E-state index in [2.05, 4.69) is 30.1 Å². The van der Waals surface area contributed by atoms with Gasteiger partial charge in [0.1, 0.15) is 5.82 Å². The second-order valence-corrected chi connectivity index (χ2v) is 5.43. The Morgan fingerprint density at radius 2 is 2.12 bits per heavy atom. The molecule has 0 amide bonds. The van der Waals surface area contributed by atoms with E-state index in [0.29, 0.717) is 24.7 Å². The van der Waals surface area contributed by atoms with Crippen LogP contribution in [0.2, 0.25) is 5.15 Å². The van der Waals surface area contributed by atoms with Crippen LogP contribution in [0.1, 0.15) is 10.5 Å². The van der Waals surface area contributed by atoms with Crippen molar-refractivity contribution in [1.29, 1.82) is 0 Å². The first-order valence-electron chi connectivity index (χ1n) is 7.34. The molecule has 1 N–H and O–H groups in total. The molecule has 24 heavy (non-hydrogen) atoms. The van der Waals surface area contributed by atoms with Gasteiger partial charge in [0.15, 0.2) is 10.8 Å². The molecule has 8 nitrogen and oxygen atoms in total. The van der Waals surface area contributed by atoms with E-state index < -0.39 is 5.97 Å². The normalized spacial score (nSPS) is 14.3. The molecule has 2 aromatic rings. The summed E-state index contributed by atoms with van der Waals surface area (Å²) in [4.78, 5) is 18.3. The van der Waals surface area contributed by atoms with Gasteiger partial charge in [0.05, 0.1) is 37.9 Å². The van der Waals surface area contributed by atoms with Crippen molar-refractivity contribution in [1.82, 2.24) is 15.2 Å². The number of esters is 1.